The second-order valence-electron chi connectivity index (χ2n) is 7.06. The van der Waals surface area contributed by atoms with Crippen LogP contribution in [0, 0.1) is 0 Å². The van der Waals surface area contributed by atoms with Gasteiger partial charge in [-0.25, -0.2) is 14.5 Å². The Bertz CT molecular complexity index is 825. The van der Waals surface area contributed by atoms with Gasteiger partial charge in [-0.3, -0.25) is 0 Å². The van der Waals surface area contributed by atoms with Crippen LogP contribution in [0.3, 0.4) is 0 Å². The molecule has 0 aliphatic carbocycles. The van der Waals surface area contributed by atoms with Crippen molar-refractivity contribution in [2.75, 3.05) is 43.5 Å². The molecule has 156 valence electrons. The summed E-state index contributed by atoms with van der Waals surface area (Å²) in [6.45, 7) is 4.58. The van der Waals surface area contributed by atoms with E-state index in [4.69, 9.17) is 16.3 Å². The lowest BCUT2D eigenvalue weighted by Crippen LogP contribution is -2.52. The van der Waals surface area contributed by atoms with Gasteiger partial charge in [-0.15, -0.1) is 10.2 Å². The number of hydrogen-bond acceptors (Lipinski definition) is 6. The van der Waals surface area contributed by atoms with Crippen molar-refractivity contribution in [2.24, 2.45) is 0 Å². The number of fused-ring (bicyclic) bond motifs is 1. The maximum absolute atomic E-state index is 12.8. The Hall–Kier alpha value is -1.97. The molecule has 10 heteroatoms. The zero-order valence-corrected chi connectivity index (χ0v) is 17.8. The summed E-state index contributed by atoms with van der Waals surface area (Å²) in [6.07, 6.45) is 3.81. The first-order chi connectivity index (χ1) is 14.2. The van der Waals surface area contributed by atoms with Gasteiger partial charge in [0.15, 0.2) is 5.82 Å². The molecule has 2 aliphatic heterocycles. The van der Waals surface area contributed by atoms with Crippen LogP contribution in [-0.4, -0.2) is 64.3 Å². The third-order valence-corrected chi connectivity index (χ3v) is 6.17. The molecule has 0 radical (unpaired) electrons. The Morgan fingerprint density at radius 3 is 2.72 bits per heavy atom. The van der Waals surface area contributed by atoms with Crippen LogP contribution in [0.2, 0.25) is 5.02 Å². The molecule has 29 heavy (non-hydrogen) atoms. The van der Waals surface area contributed by atoms with E-state index in [0.29, 0.717) is 34.8 Å². The van der Waals surface area contributed by atoms with Crippen LogP contribution in [0.25, 0.3) is 0 Å². The van der Waals surface area contributed by atoms with Crippen molar-refractivity contribution < 1.29 is 9.53 Å². The van der Waals surface area contributed by atoms with Crippen LogP contribution in [-0.2, 0) is 6.61 Å². The van der Waals surface area contributed by atoms with Gasteiger partial charge in [0.2, 0.25) is 5.16 Å². The Balaban J connectivity index is 1.36. The van der Waals surface area contributed by atoms with Crippen LogP contribution in [0.5, 0.6) is 5.75 Å². The Morgan fingerprint density at radius 2 is 1.93 bits per heavy atom. The van der Waals surface area contributed by atoms with Crippen molar-refractivity contribution in [3.8, 4) is 5.75 Å². The molecule has 1 aromatic heterocycles. The molecule has 2 aliphatic rings. The quantitative estimate of drug-likeness (QED) is 0.750. The SMILES string of the molecule is O=C(NCCN1CCCCC1)N1CCSc2nnc(COc3ccc(Cl)cc3)n21. The number of likely N-dealkylation sites (tertiary alicyclic amines) is 1. The summed E-state index contributed by atoms with van der Waals surface area (Å²) in [5, 5.41) is 14.5. The minimum absolute atomic E-state index is 0.129. The molecule has 0 saturated carbocycles. The number of nitrogens with one attached hydrogen (secondary N) is 1. The summed E-state index contributed by atoms with van der Waals surface area (Å²) >= 11 is 7.50. The molecule has 0 atom stereocenters. The molecule has 1 saturated heterocycles. The first-order valence-electron chi connectivity index (χ1n) is 9.94. The van der Waals surface area contributed by atoms with E-state index in [1.54, 1.807) is 45.7 Å². The molecule has 1 N–H and O–H groups in total. The summed E-state index contributed by atoms with van der Waals surface area (Å²) in [5.74, 6) is 2.07. The van der Waals surface area contributed by atoms with E-state index in [1.165, 1.54) is 19.3 Å². The van der Waals surface area contributed by atoms with Crippen molar-refractivity contribution >= 4 is 29.4 Å². The van der Waals surface area contributed by atoms with E-state index in [0.717, 1.165) is 25.4 Å². The van der Waals surface area contributed by atoms with Crippen molar-refractivity contribution in [1.29, 1.82) is 0 Å². The normalized spacial score (nSPS) is 17.1. The molecule has 8 nitrogen and oxygen atoms in total. The minimum atomic E-state index is -0.129. The van der Waals surface area contributed by atoms with Gasteiger partial charge >= 0.3 is 6.03 Å². The average molecular weight is 437 g/mol. The van der Waals surface area contributed by atoms with Crippen molar-refractivity contribution in [3.63, 3.8) is 0 Å². The first kappa shape index (κ1) is 20.3. The third-order valence-electron chi connectivity index (χ3n) is 5.02. The number of nitrogens with zero attached hydrogens (tertiary/aromatic N) is 5. The molecule has 2 aromatic rings. The molecule has 0 bridgehead atoms. The lowest BCUT2D eigenvalue weighted by Gasteiger charge is -2.30. The van der Waals surface area contributed by atoms with Gasteiger partial charge in [-0.05, 0) is 50.2 Å². The van der Waals surface area contributed by atoms with Gasteiger partial charge in [0, 0.05) is 23.9 Å². The zero-order chi connectivity index (χ0) is 20.1. The number of piperidine rings is 1. The molecule has 4 rings (SSSR count). The second-order valence-corrected chi connectivity index (χ2v) is 8.56. The minimum Gasteiger partial charge on any atom is -0.486 e. The summed E-state index contributed by atoms with van der Waals surface area (Å²) in [7, 11) is 0. The van der Waals surface area contributed by atoms with Crippen molar-refractivity contribution in [2.45, 2.75) is 31.0 Å². The van der Waals surface area contributed by atoms with Gasteiger partial charge in [0.05, 0.1) is 6.54 Å². The fraction of sp³-hybridized carbons (Fsp3) is 0.526. The fourth-order valence-electron chi connectivity index (χ4n) is 3.51. The van der Waals surface area contributed by atoms with E-state index in [2.05, 4.69) is 20.4 Å². The Morgan fingerprint density at radius 1 is 1.14 bits per heavy atom. The van der Waals surface area contributed by atoms with E-state index in [9.17, 15) is 4.79 Å². The van der Waals surface area contributed by atoms with Gasteiger partial charge in [0.1, 0.15) is 12.4 Å². The topological polar surface area (TPSA) is 75.5 Å². The molecular weight excluding hydrogens is 412 g/mol. The van der Waals surface area contributed by atoms with Crippen LogP contribution in [0.15, 0.2) is 29.4 Å². The standard InChI is InChI=1S/C19H25ClN6O2S/c20-15-4-6-16(7-5-15)28-14-17-22-23-19-26(17)25(12-13-29-19)18(27)21-8-11-24-9-2-1-3-10-24/h4-7H,1-3,8-14H2,(H,21,27). The lowest BCUT2D eigenvalue weighted by atomic mass is 10.1. The highest BCUT2D eigenvalue weighted by atomic mass is 35.5. The average Bonchev–Trinajstić information content (AvgIpc) is 3.17. The molecule has 0 unspecified atom stereocenters. The van der Waals surface area contributed by atoms with E-state index < -0.39 is 0 Å². The largest absolute Gasteiger partial charge is 0.486 e. The summed E-state index contributed by atoms with van der Waals surface area (Å²) < 4.78 is 7.57. The van der Waals surface area contributed by atoms with Crippen molar-refractivity contribution in [1.82, 2.24) is 25.1 Å². The van der Waals surface area contributed by atoms with Gasteiger partial charge in [-0.1, -0.05) is 29.8 Å². The van der Waals surface area contributed by atoms with E-state index in [1.807, 2.05) is 0 Å². The maximum atomic E-state index is 12.8. The van der Waals surface area contributed by atoms with E-state index >= 15 is 0 Å². The molecule has 2 amide bonds. The summed E-state index contributed by atoms with van der Waals surface area (Å²) in [4.78, 5) is 15.2. The van der Waals surface area contributed by atoms with Crippen LogP contribution < -0.4 is 15.1 Å². The Kier molecular flexibility index (Phi) is 6.78. The van der Waals surface area contributed by atoms with Gasteiger partial charge < -0.3 is 15.0 Å². The Labute approximate surface area is 179 Å². The molecule has 1 aromatic carbocycles. The number of amides is 2. The first-order valence-corrected chi connectivity index (χ1v) is 11.3. The van der Waals surface area contributed by atoms with Gasteiger partial charge in [-0.2, -0.15) is 0 Å². The van der Waals surface area contributed by atoms with Crippen molar-refractivity contribution in [3.05, 3.63) is 35.1 Å². The third kappa shape index (κ3) is 5.15. The number of benzene rings is 1. The number of halogens is 1. The zero-order valence-electron chi connectivity index (χ0n) is 16.2. The number of carbonyl (C=O) groups excluding carboxylic acids is 1. The highest BCUT2D eigenvalue weighted by Crippen LogP contribution is 2.23. The number of carbonyl (C=O) groups is 1. The number of hydrogen-bond donors (Lipinski definition) is 1. The van der Waals surface area contributed by atoms with Crippen LogP contribution >= 0.6 is 23.4 Å². The maximum Gasteiger partial charge on any atom is 0.336 e. The molecule has 0 spiro atoms. The smallest absolute Gasteiger partial charge is 0.336 e. The number of rotatable bonds is 6. The summed E-state index contributed by atoms with van der Waals surface area (Å²) in [6, 6.07) is 7.02. The van der Waals surface area contributed by atoms with Crippen LogP contribution in [0.1, 0.15) is 25.1 Å². The predicted octanol–water partition coefficient (Wildman–Crippen LogP) is 2.75. The number of thioether (sulfide) groups is 1. The van der Waals surface area contributed by atoms with Crippen LogP contribution in [0.4, 0.5) is 4.79 Å². The number of ether oxygens (including phenoxy) is 1. The highest BCUT2D eigenvalue weighted by Gasteiger charge is 2.27. The number of urea groups is 1. The number of aromatic nitrogens is 3. The molecular formula is C19H25ClN6O2S. The second kappa shape index (κ2) is 9.69. The molecule has 1 fully saturated rings. The fourth-order valence-corrected chi connectivity index (χ4v) is 4.51. The van der Waals surface area contributed by atoms with Gasteiger partial charge in [0.25, 0.3) is 0 Å². The predicted molar refractivity (Wildman–Crippen MR) is 113 cm³/mol. The molecule has 3 heterocycles. The lowest BCUT2D eigenvalue weighted by molar-refractivity contribution is 0.219. The van der Waals surface area contributed by atoms with E-state index in [-0.39, 0.29) is 12.6 Å². The summed E-state index contributed by atoms with van der Waals surface area (Å²) in [5.41, 5.74) is 0. The highest BCUT2D eigenvalue weighted by molar-refractivity contribution is 7.99. The monoisotopic (exact) mass is 436 g/mol.